The van der Waals surface area contributed by atoms with Crippen molar-refractivity contribution in [2.24, 2.45) is 0 Å². The van der Waals surface area contributed by atoms with Crippen molar-refractivity contribution in [1.29, 1.82) is 0 Å². The van der Waals surface area contributed by atoms with Crippen LogP contribution in [-0.4, -0.2) is 31.9 Å². The summed E-state index contributed by atoms with van der Waals surface area (Å²) in [5, 5.41) is 3.23. The van der Waals surface area contributed by atoms with Crippen LogP contribution in [0.2, 0.25) is 0 Å². The van der Waals surface area contributed by atoms with Crippen molar-refractivity contribution in [2.75, 3.05) is 15.8 Å². The third kappa shape index (κ3) is 5.54. The predicted octanol–water partition coefficient (Wildman–Crippen LogP) is 6.03. The molecule has 4 aromatic rings. The van der Waals surface area contributed by atoms with Crippen LogP contribution in [0.3, 0.4) is 0 Å². The maximum atomic E-state index is 15.0. The van der Waals surface area contributed by atoms with E-state index < -0.39 is 34.1 Å². The summed E-state index contributed by atoms with van der Waals surface area (Å²) in [6.07, 6.45) is 3.82. The van der Waals surface area contributed by atoms with E-state index in [0.717, 1.165) is 23.3 Å². The summed E-state index contributed by atoms with van der Waals surface area (Å²) in [5.41, 5.74) is 1.56. The number of amides is 1. The van der Waals surface area contributed by atoms with Gasteiger partial charge in [0.15, 0.2) is 5.82 Å². The molecule has 0 saturated heterocycles. The van der Waals surface area contributed by atoms with E-state index in [2.05, 4.69) is 20.0 Å². The van der Waals surface area contributed by atoms with E-state index in [9.17, 15) is 17.8 Å². The molecule has 36 heavy (non-hydrogen) atoms. The van der Waals surface area contributed by atoms with Crippen LogP contribution < -0.4 is 14.8 Å². The van der Waals surface area contributed by atoms with Gasteiger partial charge in [-0.3, -0.25) is 4.79 Å². The van der Waals surface area contributed by atoms with Crippen LogP contribution in [0.1, 0.15) is 37.6 Å². The molecule has 2 aromatic carbocycles. The van der Waals surface area contributed by atoms with Crippen molar-refractivity contribution in [3.63, 3.8) is 0 Å². The number of hydrogen-bond acceptors (Lipinski definition) is 4. The number of rotatable bonds is 9. The van der Waals surface area contributed by atoms with Crippen LogP contribution in [-0.2, 0) is 11.0 Å². The molecule has 0 saturated carbocycles. The fraction of sp³-hybridized carbons (Fsp3) is 0.231. The monoisotopic (exact) mass is 512 g/mol. The zero-order valence-corrected chi connectivity index (χ0v) is 20.8. The average Bonchev–Trinajstić information content (AvgIpc) is 3.24. The molecule has 7 nitrogen and oxygen atoms in total. The van der Waals surface area contributed by atoms with Crippen molar-refractivity contribution < 1.29 is 22.5 Å². The third-order valence-corrected chi connectivity index (χ3v) is 6.46. The molecule has 0 aliphatic heterocycles. The quantitative estimate of drug-likeness (QED) is 0.255. The number of aromatic amines is 1. The van der Waals surface area contributed by atoms with Crippen molar-refractivity contribution in [1.82, 2.24) is 9.97 Å². The Bertz CT molecular complexity index is 1440. The first kappa shape index (κ1) is 25.3. The minimum absolute atomic E-state index is 0.0211. The number of hydrogen-bond donors (Lipinski definition) is 3. The van der Waals surface area contributed by atoms with E-state index in [1.807, 2.05) is 45.0 Å². The van der Waals surface area contributed by atoms with Crippen LogP contribution in [0.25, 0.3) is 22.2 Å². The third-order valence-electron chi connectivity index (χ3n) is 5.24. The lowest BCUT2D eigenvalue weighted by molar-refractivity contribution is 0.101. The number of benzene rings is 2. The Morgan fingerprint density at radius 3 is 2.75 bits per heavy atom. The first-order valence-corrected chi connectivity index (χ1v) is 12.8. The Kier molecular flexibility index (Phi) is 7.64. The molecule has 10 heteroatoms. The van der Waals surface area contributed by atoms with Crippen LogP contribution in [0, 0.1) is 11.6 Å². The molecule has 3 N–H and O–H groups in total. The number of nitrogens with zero attached hydrogens (tertiary/aromatic N) is 1. The molecule has 188 valence electrons. The van der Waals surface area contributed by atoms with Crippen molar-refractivity contribution >= 4 is 39.3 Å². The molecule has 0 fully saturated rings. The molecule has 2 heterocycles. The van der Waals surface area contributed by atoms with Gasteiger partial charge in [0, 0.05) is 22.9 Å². The van der Waals surface area contributed by atoms with Gasteiger partial charge in [0.2, 0.25) is 0 Å². The number of fused-ring (bicyclic) bond motifs is 1. The number of H-pyrrole nitrogens is 1. The molecule has 1 unspecified atom stereocenters. The molecule has 1 amide bonds. The Balaban J connectivity index is 1.63. The number of ether oxygens (including phenoxy) is 1. The summed E-state index contributed by atoms with van der Waals surface area (Å²) in [6.45, 7) is 5.72. The van der Waals surface area contributed by atoms with Gasteiger partial charge in [0.1, 0.15) is 33.8 Å². The van der Waals surface area contributed by atoms with E-state index >= 15 is 0 Å². The van der Waals surface area contributed by atoms with Gasteiger partial charge in [-0.1, -0.05) is 19.1 Å². The highest BCUT2D eigenvalue weighted by Gasteiger charge is 2.22. The zero-order chi connectivity index (χ0) is 25.8. The van der Waals surface area contributed by atoms with Gasteiger partial charge in [0.05, 0.1) is 23.7 Å². The van der Waals surface area contributed by atoms with Gasteiger partial charge in [-0.25, -0.2) is 18.0 Å². The molecule has 1 atom stereocenters. The molecular formula is C26H26F2N4O3S. The van der Waals surface area contributed by atoms with Gasteiger partial charge >= 0.3 is 0 Å². The smallest absolute Gasteiger partial charge is 0.261 e. The number of anilines is 2. The molecule has 2 aromatic heterocycles. The number of halogens is 2. The standard InChI is InChI=1S/C26H26F2N4O3S/c1-4-10-36(34)32-22-9-8-21(27)23(24(22)28)26(33)31-17-12-19-20(14-30-25(19)29-13-17)16-6-5-7-18(11-16)35-15(2)3/h5-9,11-15,32H,4,10H2,1-3H3,(H,29,30)(H,31,33). The highest BCUT2D eigenvalue weighted by atomic mass is 32.2. The minimum Gasteiger partial charge on any atom is -0.491 e. The fourth-order valence-electron chi connectivity index (χ4n) is 3.71. The molecular weight excluding hydrogens is 486 g/mol. The topological polar surface area (TPSA) is 96.1 Å². The van der Waals surface area contributed by atoms with E-state index in [1.165, 1.54) is 6.20 Å². The summed E-state index contributed by atoms with van der Waals surface area (Å²) in [6, 6.07) is 11.3. The normalized spacial score (nSPS) is 12.1. The Morgan fingerprint density at radius 2 is 2.00 bits per heavy atom. The van der Waals surface area contributed by atoms with E-state index in [0.29, 0.717) is 23.2 Å². The molecule has 0 aliphatic rings. The van der Waals surface area contributed by atoms with Crippen LogP contribution in [0.4, 0.5) is 20.2 Å². The van der Waals surface area contributed by atoms with Crippen molar-refractivity contribution in [3.8, 4) is 16.9 Å². The zero-order valence-electron chi connectivity index (χ0n) is 20.0. The highest BCUT2D eigenvalue weighted by molar-refractivity contribution is 7.86. The van der Waals surface area contributed by atoms with Crippen LogP contribution in [0.5, 0.6) is 5.75 Å². The summed E-state index contributed by atoms with van der Waals surface area (Å²) < 4.78 is 49.7. The maximum absolute atomic E-state index is 15.0. The van der Waals surface area contributed by atoms with Crippen molar-refractivity contribution in [2.45, 2.75) is 33.3 Å². The molecule has 0 spiro atoms. The number of carbonyl (C=O) groups is 1. The van der Waals surface area contributed by atoms with Gasteiger partial charge in [0.25, 0.3) is 5.91 Å². The second kappa shape index (κ2) is 10.9. The van der Waals surface area contributed by atoms with Crippen molar-refractivity contribution in [3.05, 3.63) is 72.1 Å². The molecule has 0 bridgehead atoms. The number of carbonyl (C=O) groups excluding carboxylic acids is 1. The summed E-state index contributed by atoms with van der Waals surface area (Å²) >= 11 is 0. The lowest BCUT2D eigenvalue weighted by Gasteiger charge is -2.12. The van der Waals surface area contributed by atoms with E-state index in [4.69, 9.17) is 4.74 Å². The van der Waals surface area contributed by atoms with Crippen LogP contribution >= 0.6 is 0 Å². The molecule has 0 aliphatic carbocycles. The van der Waals surface area contributed by atoms with Gasteiger partial charge in [-0.15, -0.1) is 0 Å². The number of aromatic nitrogens is 2. The second-order valence-corrected chi connectivity index (χ2v) is 9.71. The number of nitrogens with one attached hydrogen (secondary N) is 3. The lowest BCUT2D eigenvalue weighted by Crippen LogP contribution is -2.18. The number of pyridine rings is 1. The molecule has 0 radical (unpaired) electrons. The summed E-state index contributed by atoms with van der Waals surface area (Å²) in [4.78, 5) is 20.3. The van der Waals surface area contributed by atoms with Gasteiger partial charge in [-0.05, 0) is 56.2 Å². The Labute approximate surface area is 209 Å². The van der Waals surface area contributed by atoms with Crippen LogP contribution in [0.15, 0.2) is 54.9 Å². The van der Waals surface area contributed by atoms with E-state index in [-0.39, 0.29) is 23.2 Å². The average molecular weight is 513 g/mol. The van der Waals surface area contributed by atoms with Gasteiger partial charge < -0.3 is 19.8 Å². The first-order valence-electron chi connectivity index (χ1n) is 11.5. The fourth-order valence-corrected chi connectivity index (χ4v) is 4.59. The first-order chi connectivity index (χ1) is 17.3. The lowest BCUT2D eigenvalue weighted by atomic mass is 10.1. The minimum atomic E-state index is -1.55. The highest BCUT2D eigenvalue weighted by Crippen LogP contribution is 2.32. The largest absolute Gasteiger partial charge is 0.491 e. The summed E-state index contributed by atoms with van der Waals surface area (Å²) in [7, 11) is -1.55. The SMILES string of the molecule is CCCS(=O)Nc1ccc(F)c(C(=O)Nc2cnc3[nH]cc(-c4cccc(OC(C)C)c4)c3c2)c1F. The van der Waals surface area contributed by atoms with Gasteiger partial charge in [-0.2, -0.15) is 0 Å². The van der Waals surface area contributed by atoms with E-state index in [1.54, 1.807) is 12.3 Å². The predicted molar refractivity (Wildman–Crippen MR) is 139 cm³/mol. The second-order valence-electron chi connectivity index (χ2n) is 8.41. The summed E-state index contributed by atoms with van der Waals surface area (Å²) in [5.74, 6) is -2.13. The maximum Gasteiger partial charge on any atom is 0.261 e. The Hall–Kier alpha value is -3.79. The Morgan fingerprint density at radius 1 is 1.19 bits per heavy atom. The molecule has 4 rings (SSSR count).